The summed E-state index contributed by atoms with van der Waals surface area (Å²) in [6.45, 7) is 2.25. The number of carbonyl (C=O) groups excluding carboxylic acids is 1. The first kappa shape index (κ1) is 8.47. The Labute approximate surface area is 76.2 Å². The normalized spacial score (nSPS) is 18.5. The molecule has 1 aliphatic heterocycles. The number of aliphatic hydroxyl groups excluding tert-OH is 1. The van der Waals surface area contributed by atoms with Crippen molar-refractivity contribution in [2.75, 3.05) is 13.1 Å². The Morgan fingerprint density at radius 1 is 1.62 bits per heavy atom. The lowest BCUT2D eigenvalue weighted by Gasteiger charge is -2.35. The van der Waals surface area contributed by atoms with E-state index in [4.69, 9.17) is 5.11 Å². The van der Waals surface area contributed by atoms with Gasteiger partial charge in [-0.15, -0.1) is 0 Å². The Bertz CT molecular complexity index is 302. The van der Waals surface area contributed by atoms with Crippen molar-refractivity contribution >= 4 is 6.29 Å². The van der Waals surface area contributed by atoms with E-state index in [1.807, 2.05) is 6.07 Å². The number of β-amino-alcohol motifs (C(OH)–C–C–N with tert-alkyl or cyclic N) is 1. The van der Waals surface area contributed by atoms with Gasteiger partial charge in [0, 0.05) is 25.3 Å². The Hall–Kier alpha value is -1.13. The molecule has 0 spiro atoms. The quantitative estimate of drug-likeness (QED) is 0.644. The average molecular weight is 180 g/mol. The Morgan fingerprint density at radius 3 is 2.92 bits per heavy atom. The van der Waals surface area contributed by atoms with Gasteiger partial charge in [0.2, 0.25) is 0 Å². The molecule has 0 saturated carbocycles. The minimum atomic E-state index is -0.166. The molecule has 1 aliphatic rings. The summed E-state index contributed by atoms with van der Waals surface area (Å²) in [7, 11) is 0. The molecule has 2 heterocycles. The molecule has 0 aromatic carbocycles. The van der Waals surface area contributed by atoms with Crippen LogP contribution < -0.4 is 0 Å². The fraction of sp³-hybridized carbons (Fsp3) is 0.444. The fourth-order valence-electron chi connectivity index (χ4n) is 1.53. The maximum absolute atomic E-state index is 10.4. The van der Waals surface area contributed by atoms with Crippen molar-refractivity contribution in [3.8, 4) is 0 Å². The van der Waals surface area contributed by atoms with Crippen molar-refractivity contribution < 1.29 is 9.90 Å². The van der Waals surface area contributed by atoms with Gasteiger partial charge in [0.25, 0.3) is 0 Å². The summed E-state index contributed by atoms with van der Waals surface area (Å²) in [4.78, 5) is 15.5. The summed E-state index contributed by atoms with van der Waals surface area (Å²) >= 11 is 0. The highest BCUT2D eigenvalue weighted by atomic mass is 16.3. The van der Waals surface area contributed by atoms with E-state index in [0.717, 1.165) is 31.6 Å². The van der Waals surface area contributed by atoms with Crippen LogP contribution in [-0.2, 0) is 6.54 Å². The minimum Gasteiger partial charge on any atom is -0.390 e. The lowest BCUT2D eigenvalue weighted by atomic mass is 10.1. The van der Waals surface area contributed by atoms with Gasteiger partial charge < -0.3 is 10.1 Å². The SMILES string of the molecule is O=Cc1ccc(CN2CC(O)C2)[nH]1. The van der Waals surface area contributed by atoms with Gasteiger partial charge in [-0.2, -0.15) is 0 Å². The first-order chi connectivity index (χ1) is 6.28. The largest absolute Gasteiger partial charge is 0.390 e. The first-order valence-corrected chi connectivity index (χ1v) is 4.31. The number of rotatable bonds is 3. The van der Waals surface area contributed by atoms with Crippen molar-refractivity contribution in [3.05, 3.63) is 23.5 Å². The lowest BCUT2D eigenvalue weighted by Crippen LogP contribution is -2.49. The van der Waals surface area contributed by atoms with E-state index < -0.39 is 0 Å². The highest BCUT2D eigenvalue weighted by Gasteiger charge is 2.24. The maximum atomic E-state index is 10.4. The van der Waals surface area contributed by atoms with Crippen LogP contribution >= 0.6 is 0 Å². The summed E-state index contributed by atoms with van der Waals surface area (Å²) in [5.74, 6) is 0. The van der Waals surface area contributed by atoms with Crippen LogP contribution in [0.25, 0.3) is 0 Å². The third-order valence-electron chi connectivity index (χ3n) is 2.23. The van der Waals surface area contributed by atoms with Gasteiger partial charge in [0.15, 0.2) is 6.29 Å². The maximum Gasteiger partial charge on any atom is 0.166 e. The number of aldehydes is 1. The van der Waals surface area contributed by atoms with Gasteiger partial charge in [0.05, 0.1) is 11.8 Å². The highest BCUT2D eigenvalue weighted by molar-refractivity contribution is 5.71. The smallest absolute Gasteiger partial charge is 0.166 e. The van der Waals surface area contributed by atoms with Crippen molar-refractivity contribution in [1.82, 2.24) is 9.88 Å². The number of hydrogen-bond donors (Lipinski definition) is 2. The third-order valence-corrected chi connectivity index (χ3v) is 2.23. The molecule has 1 aromatic heterocycles. The second-order valence-corrected chi connectivity index (χ2v) is 3.40. The number of aromatic amines is 1. The molecule has 0 aliphatic carbocycles. The van der Waals surface area contributed by atoms with Crippen LogP contribution in [0.2, 0.25) is 0 Å². The van der Waals surface area contributed by atoms with Crippen molar-refractivity contribution in [2.24, 2.45) is 0 Å². The number of carbonyl (C=O) groups is 1. The molecule has 0 radical (unpaired) electrons. The van der Waals surface area contributed by atoms with Crippen molar-refractivity contribution in [1.29, 1.82) is 0 Å². The molecule has 0 unspecified atom stereocenters. The van der Waals surface area contributed by atoms with Crippen LogP contribution in [0, 0.1) is 0 Å². The summed E-state index contributed by atoms with van der Waals surface area (Å²) < 4.78 is 0. The van der Waals surface area contributed by atoms with E-state index >= 15 is 0 Å². The summed E-state index contributed by atoms with van der Waals surface area (Å²) in [6, 6.07) is 3.66. The molecule has 0 amide bonds. The predicted octanol–water partition coefficient (Wildman–Crippen LogP) is 0.00370. The van der Waals surface area contributed by atoms with Gasteiger partial charge >= 0.3 is 0 Å². The van der Waals surface area contributed by atoms with Crippen LogP contribution in [0.3, 0.4) is 0 Å². The van der Waals surface area contributed by atoms with E-state index in [-0.39, 0.29) is 6.10 Å². The molecule has 2 N–H and O–H groups in total. The molecule has 13 heavy (non-hydrogen) atoms. The Morgan fingerprint density at radius 2 is 2.38 bits per heavy atom. The van der Waals surface area contributed by atoms with E-state index in [1.54, 1.807) is 6.07 Å². The zero-order valence-electron chi connectivity index (χ0n) is 7.23. The van der Waals surface area contributed by atoms with Crippen molar-refractivity contribution in [3.63, 3.8) is 0 Å². The van der Waals surface area contributed by atoms with Crippen LogP contribution in [0.15, 0.2) is 12.1 Å². The minimum absolute atomic E-state index is 0.166. The number of hydrogen-bond acceptors (Lipinski definition) is 3. The first-order valence-electron chi connectivity index (χ1n) is 4.31. The van der Waals surface area contributed by atoms with Gasteiger partial charge in [-0.3, -0.25) is 9.69 Å². The zero-order valence-corrected chi connectivity index (χ0v) is 7.23. The van der Waals surface area contributed by atoms with Crippen LogP contribution in [-0.4, -0.2) is 40.5 Å². The van der Waals surface area contributed by atoms with E-state index in [1.165, 1.54) is 0 Å². The number of likely N-dealkylation sites (tertiary alicyclic amines) is 1. The second kappa shape index (κ2) is 3.32. The molecule has 1 saturated heterocycles. The molecule has 0 bridgehead atoms. The number of aliphatic hydroxyl groups is 1. The molecule has 0 atom stereocenters. The van der Waals surface area contributed by atoms with Crippen molar-refractivity contribution in [2.45, 2.75) is 12.6 Å². The van der Waals surface area contributed by atoms with Crippen LogP contribution in [0.1, 0.15) is 16.2 Å². The van der Waals surface area contributed by atoms with Gasteiger partial charge in [-0.05, 0) is 12.1 Å². The zero-order chi connectivity index (χ0) is 9.26. The summed E-state index contributed by atoms with van der Waals surface area (Å²) in [6.07, 6.45) is 0.634. The molecule has 70 valence electrons. The van der Waals surface area contributed by atoms with Crippen LogP contribution in [0.5, 0.6) is 0 Å². The molecular weight excluding hydrogens is 168 g/mol. The third kappa shape index (κ3) is 1.79. The highest BCUT2D eigenvalue weighted by Crippen LogP contribution is 2.12. The Kier molecular flexibility index (Phi) is 2.16. The molecule has 2 rings (SSSR count). The van der Waals surface area contributed by atoms with Gasteiger partial charge in [-0.1, -0.05) is 0 Å². The lowest BCUT2D eigenvalue weighted by molar-refractivity contribution is -0.00347. The fourth-order valence-corrected chi connectivity index (χ4v) is 1.53. The molecule has 1 fully saturated rings. The van der Waals surface area contributed by atoms with E-state index in [2.05, 4.69) is 9.88 Å². The number of nitrogens with one attached hydrogen (secondary N) is 1. The molecular formula is C9H12N2O2. The van der Waals surface area contributed by atoms with Crippen LogP contribution in [0.4, 0.5) is 0 Å². The van der Waals surface area contributed by atoms with E-state index in [0.29, 0.717) is 5.69 Å². The summed E-state index contributed by atoms with van der Waals surface area (Å²) in [5, 5.41) is 9.04. The predicted molar refractivity (Wildman–Crippen MR) is 47.5 cm³/mol. The number of aromatic nitrogens is 1. The topological polar surface area (TPSA) is 56.3 Å². The number of H-pyrrole nitrogens is 1. The van der Waals surface area contributed by atoms with E-state index in [9.17, 15) is 4.79 Å². The second-order valence-electron chi connectivity index (χ2n) is 3.40. The number of nitrogens with zero attached hydrogens (tertiary/aromatic N) is 1. The van der Waals surface area contributed by atoms with Gasteiger partial charge in [-0.25, -0.2) is 0 Å². The average Bonchev–Trinajstić information content (AvgIpc) is 2.50. The van der Waals surface area contributed by atoms with Gasteiger partial charge in [0.1, 0.15) is 0 Å². The Balaban J connectivity index is 1.91. The standard InChI is InChI=1S/C9H12N2O2/c12-6-8-2-1-7(10-8)3-11-4-9(13)5-11/h1-2,6,9-10,13H,3-5H2. The molecule has 4 heteroatoms. The molecule has 1 aromatic rings. The summed E-state index contributed by atoms with van der Waals surface area (Å²) in [5.41, 5.74) is 1.63. The monoisotopic (exact) mass is 180 g/mol. The molecule has 4 nitrogen and oxygen atoms in total.